The number of fused-ring (bicyclic) bond motifs is 1. The second-order valence-corrected chi connectivity index (χ2v) is 6.10. The van der Waals surface area contributed by atoms with Crippen LogP contribution in [0.4, 0.5) is 0 Å². The fourth-order valence-corrected chi connectivity index (χ4v) is 3.36. The SMILES string of the molecule is COc1ccc(CC(=O)N2CCc3ccccc3C2)c(OC)c1C. The first kappa shape index (κ1) is 16.4. The molecule has 0 saturated carbocycles. The van der Waals surface area contributed by atoms with Crippen molar-refractivity contribution < 1.29 is 14.3 Å². The Hall–Kier alpha value is -2.49. The largest absolute Gasteiger partial charge is 0.496 e. The summed E-state index contributed by atoms with van der Waals surface area (Å²) in [4.78, 5) is 14.7. The van der Waals surface area contributed by atoms with Crippen molar-refractivity contribution in [3.63, 3.8) is 0 Å². The zero-order valence-electron chi connectivity index (χ0n) is 14.5. The van der Waals surface area contributed by atoms with Gasteiger partial charge in [0.05, 0.1) is 20.6 Å². The van der Waals surface area contributed by atoms with Crippen LogP contribution in [-0.2, 0) is 24.2 Å². The van der Waals surface area contributed by atoms with Gasteiger partial charge in [0.25, 0.3) is 0 Å². The van der Waals surface area contributed by atoms with Gasteiger partial charge in [0.15, 0.2) is 0 Å². The normalized spacial score (nSPS) is 13.4. The summed E-state index contributed by atoms with van der Waals surface area (Å²) in [5.74, 6) is 1.64. The van der Waals surface area contributed by atoms with Crippen molar-refractivity contribution in [3.05, 3.63) is 58.7 Å². The van der Waals surface area contributed by atoms with E-state index in [9.17, 15) is 4.79 Å². The van der Waals surface area contributed by atoms with Crippen LogP contribution in [0.3, 0.4) is 0 Å². The maximum atomic E-state index is 12.8. The number of nitrogens with zero attached hydrogens (tertiary/aromatic N) is 1. The van der Waals surface area contributed by atoms with Crippen LogP contribution in [0.5, 0.6) is 11.5 Å². The number of benzene rings is 2. The van der Waals surface area contributed by atoms with Gasteiger partial charge in [-0.3, -0.25) is 4.79 Å². The van der Waals surface area contributed by atoms with Crippen molar-refractivity contribution in [2.75, 3.05) is 20.8 Å². The van der Waals surface area contributed by atoms with Gasteiger partial charge < -0.3 is 14.4 Å². The molecule has 4 heteroatoms. The van der Waals surface area contributed by atoms with E-state index >= 15 is 0 Å². The first-order valence-corrected chi connectivity index (χ1v) is 8.19. The Kier molecular flexibility index (Phi) is 4.74. The van der Waals surface area contributed by atoms with Crippen molar-refractivity contribution in [1.29, 1.82) is 0 Å². The molecule has 2 aromatic rings. The van der Waals surface area contributed by atoms with E-state index in [4.69, 9.17) is 9.47 Å². The Morgan fingerprint density at radius 1 is 1.08 bits per heavy atom. The summed E-state index contributed by atoms with van der Waals surface area (Å²) >= 11 is 0. The van der Waals surface area contributed by atoms with Crippen LogP contribution < -0.4 is 9.47 Å². The predicted molar refractivity (Wildman–Crippen MR) is 93.6 cm³/mol. The number of rotatable bonds is 4. The topological polar surface area (TPSA) is 38.8 Å². The molecule has 1 heterocycles. The van der Waals surface area contributed by atoms with E-state index in [1.165, 1.54) is 11.1 Å². The van der Waals surface area contributed by atoms with Gasteiger partial charge in [0.1, 0.15) is 11.5 Å². The van der Waals surface area contributed by atoms with Gasteiger partial charge in [0, 0.05) is 24.2 Å². The van der Waals surface area contributed by atoms with Crippen molar-refractivity contribution in [2.24, 2.45) is 0 Å². The summed E-state index contributed by atoms with van der Waals surface area (Å²) in [6.45, 7) is 3.41. The van der Waals surface area contributed by atoms with Crippen LogP contribution in [0, 0.1) is 6.92 Å². The van der Waals surface area contributed by atoms with Crippen LogP contribution >= 0.6 is 0 Å². The molecule has 0 radical (unpaired) electrons. The van der Waals surface area contributed by atoms with Gasteiger partial charge >= 0.3 is 0 Å². The van der Waals surface area contributed by atoms with Crippen molar-refractivity contribution in [3.8, 4) is 11.5 Å². The molecule has 0 fully saturated rings. The third kappa shape index (κ3) is 3.09. The predicted octanol–water partition coefficient (Wildman–Crippen LogP) is 3.14. The highest BCUT2D eigenvalue weighted by Crippen LogP contribution is 2.32. The van der Waals surface area contributed by atoms with Crippen LogP contribution in [0.2, 0.25) is 0 Å². The third-order valence-electron chi connectivity index (χ3n) is 4.69. The number of methoxy groups -OCH3 is 2. The Morgan fingerprint density at radius 2 is 1.83 bits per heavy atom. The number of ether oxygens (including phenoxy) is 2. The molecule has 3 rings (SSSR count). The number of carbonyl (C=O) groups is 1. The van der Waals surface area contributed by atoms with Gasteiger partial charge in [0.2, 0.25) is 5.91 Å². The molecular weight excluding hydrogens is 302 g/mol. The van der Waals surface area contributed by atoms with Gasteiger partial charge in [-0.2, -0.15) is 0 Å². The second kappa shape index (κ2) is 6.95. The minimum Gasteiger partial charge on any atom is -0.496 e. The summed E-state index contributed by atoms with van der Waals surface area (Å²) in [5, 5.41) is 0. The molecule has 0 bridgehead atoms. The Morgan fingerprint density at radius 3 is 2.54 bits per heavy atom. The van der Waals surface area contributed by atoms with E-state index in [1.807, 2.05) is 30.0 Å². The lowest BCUT2D eigenvalue weighted by Gasteiger charge is -2.29. The molecule has 126 valence electrons. The fourth-order valence-electron chi connectivity index (χ4n) is 3.36. The summed E-state index contributed by atoms with van der Waals surface area (Å²) < 4.78 is 10.8. The zero-order valence-corrected chi connectivity index (χ0v) is 14.5. The minimum absolute atomic E-state index is 0.132. The Labute approximate surface area is 143 Å². The standard InChI is InChI=1S/C20H23NO3/c1-14-18(23-2)9-8-16(20(14)24-3)12-19(22)21-11-10-15-6-4-5-7-17(15)13-21/h4-9H,10-13H2,1-3H3. The molecule has 0 aromatic heterocycles. The molecule has 0 aliphatic carbocycles. The maximum Gasteiger partial charge on any atom is 0.227 e. The van der Waals surface area contributed by atoms with E-state index in [-0.39, 0.29) is 5.91 Å². The van der Waals surface area contributed by atoms with E-state index in [2.05, 4.69) is 18.2 Å². The van der Waals surface area contributed by atoms with Crippen molar-refractivity contribution in [2.45, 2.75) is 26.3 Å². The molecule has 2 aromatic carbocycles. The first-order chi connectivity index (χ1) is 11.6. The summed E-state index contributed by atoms with van der Waals surface area (Å²) in [6.07, 6.45) is 1.26. The van der Waals surface area contributed by atoms with Gasteiger partial charge in [-0.1, -0.05) is 30.3 Å². The van der Waals surface area contributed by atoms with Gasteiger partial charge in [-0.05, 0) is 30.5 Å². The molecular formula is C20H23NO3. The molecule has 1 aliphatic heterocycles. The quantitative estimate of drug-likeness (QED) is 0.867. The van der Waals surface area contributed by atoms with E-state index < -0.39 is 0 Å². The van der Waals surface area contributed by atoms with Crippen molar-refractivity contribution in [1.82, 2.24) is 4.90 Å². The van der Waals surface area contributed by atoms with E-state index in [1.54, 1.807) is 14.2 Å². The molecule has 24 heavy (non-hydrogen) atoms. The lowest BCUT2D eigenvalue weighted by molar-refractivity contribution is -0.131. The minimum atomic E-state index is 0.132. The first-order valence-electron chi connectivity index (χ1n) is 8.19. The Balaban J connectivity index is 1.77. The monoisotopic (exact) mass is 325 g/mol. The molecule has 1 aliphatic rings. The zero-order chi connectivity index (χ0) is 17.1. The molecule has 1 amide bonds. The molecule has 0 saturated heterocycles. The highest BCUT2D eigenvalue weighted by molar-refractivity contribution is 5.80. The lowest BCUT2D eigenvalue weighted by Crippen LogP contribution is -2.36. The number of carbonyl (C=O) groups excluding carboxylic acids is 1. The molecule has 0 N–H and O–H groups in total. The molecule has 4 nitrogen and oxygen atoms in total. The number of hydrogen-bond acceptors (Lipinski definition) is 3. The van der Waals surface area contributed by atoms with Crippen LogP contribution in [0.25, 0.3) is 0 Å². The van der Waals surface area contributed by atoms with Crippen molar-refractivity contribution >= 4 is 5.91 Å². The summed E-state index contributed by atoms with van der Waals surface area (Å²) in [6, 6.07) is 12.1. The fraction of sp³-hybridized carbons (Fsp3) is 0.350. The Bertz CT molecular complexity index is 755. The summed E-state index contributed by atoms with van der Waals surface area (Å²) in [5.41, 5.74) is 4.42. The average Bonchev–Trinajstić information content (AvgIpc) is 2.61. The number of amides is 1. The average molecular weight is 325 g/mol. The van der Waals surface area contributed by atoms with Gasteiger partial charge in [-0.15, -0.1) is 0 Å². The summed E-state index contributed by atoms with van der Waals surface area (Å²) in [7, 11) is 3.27. The molecule has 0 unspecified atom stereocenters. The van der Waals surface area contributed by atoms with E-state index in [0.29, 0.717) is 13.0 Å². The smallest absolute Gasteiger partial charge is 0.227 e. The van der Waals surface area contributed by atoms with Crippen LogP contribution in [-0.4, -0.2) is 31.6 Å². The highest BCUT2D eigenvalue weighted by Gasteiger charge is 2.22. The lowest BCUT2D eigenvalue weighted by atomic mass is 9.99. The maximum absolute atomic E-state index is 12.8. The van der Waals surface area contributed by atoms with Gasteiger partial charge in [-0.25, -0.2) is 0 Å². The third-order valence-corrected chi connectivity index (χ3v) is 4.69. The van der Waals surface area contributed by atoms with Crippen LogP contribution in [0.1, 0.15) is 22.3 Å². The molecule has 0 spiro atoms. The second-order valence-electron chi connectivity index (χ2n) is 6.10. The molecule has 0 atom stereocenters. The number of hydrogen-bond donors (Lipinski definition) is 0. The van der Waals surface area contributed by atoms with Crippen LogP contribution in [0.15, 0.2) is 36.4 Å². The van der Waals surface area contributed by atoms with E-state index in [0.717, 1.165) is 35.6 Å². The highest BCUT2D eigenvalue weighted by atomic mass is 16.5.